The lowest BCUT2D eigenvalue weighted by atomic mass is 9.82. The zero-order chi connectivity index (χ0) is 25.4. The van der Waals surface area contributed by atoms with Crippen LogP contribution in [0.4, 0.5) is 8.78 Å². The molecule has 2 aromatic rings. The van der Waals surface area contributed by atoms with Crippen LogP contribution in [0.25, 0.3) is 5.69 Å². The topological polar surface area (TPSA) is 72.6 Å². The Morgan fingerprint density at radius 3 is 2.78 bits per heavy atom. The summed E-state index contributed by atoms with van der Waals surface area (Å²) in [5.41, 5.74) is 2.93. The first kappa shape index (κ1) is 24.1. The number of likely N-dealkylation sites (tertiary alicyclic amines) is 1. The number of halogens is 2. The standard InChI is InChI=1S/C27H29F2N5O2/c1-4-27(28,29)22-11-12-30-25(17(22)2)18-5-6-19-16-33(23(19)10-7-18)26(35)21-9-8-20(36-3)15-24(21)34-31-13-14-32-34/h7-9,11-15,19,22-23H,2,4-6,10,16H2,1,3H3. The lowest BCUT2D eigenvalue weighted by Crippen LogP contribution is -2.58. The van der Waals surface area contributed by atoms with Crippen molar-refractivity contribution in [2.75, 3.05) is 13.7 Å². The minimum atomic E-state index is -2.86. The summed E-state index contributed by atoms with van der Waals surface area (Å²) in [5, 5.41) is 8.38. The molecule has 3 aliphatic rings. The number of alkyl halides is 2. The van der Waals surface area contributed by atoms with Crippen molar-refractivity contribution < 1.29 is 18.3 Å². The van der Waals surface area contributed by atoms with Gasteiger partial charge in [-0.3, -0.25) is 9.79 Å². The van der Waals surface area contributed by atoms with Gasteiger partial charge in [0, 0.05) is 31.3 Å². The number of benzene rings is 1. The fourth-order valence-corrected chi connectivity index (χ4v) is 5.32. The van der Waals surface area contributed by atoms with Gasteiger partial charge >= 0.3 is 0 Å². The van der Waals surface area contributed by atoms with Crippen molar-refractivity contribution in [3.8, 4) is 11.4 Å². The first-order valence-electron chi connectivity index (χ1n) is 12.2. The fourth-order valence-electron chi connectivity index (χ4n) is 5.32. The highest BCUT2D eigenvalue weighted by Crippen LogP contribution is 2.41. The zero-order valence-corrected chi connectivity index (χ0v) is 20.4. The first-order chi connectivity index (χ1) is 17.3. The molecule has 36 heavy (non-hydrogen) atoms. The second-order valence-electron chi connectivity index (χ2n) is 9.43. The van der Waals surface area contributed by atoms with Crippen molar-refractivity contribution in [3.63, 3.8) is 0 Å². The van der Waals surface area contributed by atoms with E-state index in [9.17, 15) is 13.6 Å². The van der Waals surface area contributed by atoms with E-state index in [2.05, 4.69) is 27.8 Å². The predicted octanol–water partition coefficient (Wildman–Crippen LogP) is 5.01. The minimum Gasteiger partial charge on any atom is -0.497 e. The van der Waals surface area contributed by atoms with Gasteiger partial charge in [-0.2, -0.15) is 15.0 Å². The maximum Gasteiger partial charge on any atom is 0.258 e. The number of ether oxygens (including phenoxy) is 1. The quantitative estimate of drug-likeness (QED) is 0.567. The number of allylic oxidation sites excluding steroid dienone is 3. The Bertz CT molecular complexity index is 1260. The van der Waals surface area contributed by atoms with Crippen molar-refractivity contribution in [1.82, 2.24) is 19.9 Å². The molecule has 3 atom stereocenters. The molecule has 3 heterocycles. The highest BCUT2D eigenvalue weighted by Gasteiger charge is 2.44. The summed E-state index contributed by atoms with van der Waals surface area (Å²) in [7, 11) is 1.57. The molecule has 5 rings (SSSR count). The number of carbonyl (C=O) groups excluding carboxylic acids is 1. The fraction of sp³-hybridized carbons (Fsp3) is 0.407. The van der Waals surface area contributed by atoms with Crippen LogP contribution in [0.2, 0.25) is 0 Å². The molecule has 1 aromatic carbocycles. The SMILES string of the molecule is C=C1C(C2=CCC3C(CC2)CN3C(=O)c2ccc(OC)cc2-n2nccn2)=NC=CC1C(F)(F)CC. The molecule has 1 amide bonds. The van der Waals surface area contributed by atoms with Crippen molar-refractivity contribution in [1.29, 1.82) is 0 Å². The Hall–Kier alpha value is -3.62. The summed E-state index contributed by atoms with van der Waals surface area (Å²) in [6.07, 6.45) is 10.1. The third-order valence-electron chi connectivity index (χ3n) is 7.49. The number of hydrogen-bond acceptors (Lipinski definition) is 5. The lowest BCUT2D eigenvalue weighted by Gasteiger charge is -2.47. The molecular weight excluding hydrogens is 464 g/mol. The van der Waals surface area contributed by atoms with E-state index in [1.54, 1.807) is 37.7 Å². The summed E-state index contributed by atoms with van der Waals surface area (Å²) in [5.74, 6) is -3.04. The second-order valence-corrected chi connectivity index (χ2v) is 9.43. The first-order valence-corrected chi connectivity index (χ1v) is 12.2. The van der Waals surface area contributed by atoms with Crippen LogP contribution in [0.1, 0.15) is 43.0 Å². The van der Waals surface area contributed by atoms with Crippen LogP contribution in [0.15, 0.2) is 71.7 Å². The molecule has 1 aromatic heterocycles. The number of rotatable bonds is 6. The Morgan fingerprint density at radius 2 is 2.06 bits per heavy atom. The molecule has 0 radical (unpaired) electrons. The molecular formula is C27H29F2N5O2. The molecule has 188 valence electrons. The van der Waals surface area contributed by atoms with Crippen LogP contribution >= 0.6 is 0 Å². The van der Waals surface area contributed by atoms with Gasteiger partial charge in [0.2, 0.25) is 0 Å². The second kappa shape index (κ2) is 9.44. The average Bonchev–Trinajstić information content (AvgIpc) is 3.36. The Kier molecular flexibility index (Phi) is 6.32. The highest BCUT2D eigenvalue weighted by molar-refractivity contribution is 6.13. The molecule has 2 aliphatic heterocycles. The third-order valence-corrected chi connectivity index (χ3v) is 7.49. The van der Waals surface area contributed by atoms with Crippen LogP contribution in [0, 0.1) is 11.8 Å². The van der Waals surface area contributed by atoms with E-state index in [-0.39, 0.29) is 18.4 Å². The lowest BCUT2D eigenvalue weighted by molar-refractivity contribution is -0.0300. The number of methoxy groups -OCH3 is 1. The van der Waals surface area contributed by atoms with Gasteiger partial charge in [-0.1, -0.05) is 25.7 Å². The van der Waals surface area contributed by atoms with Crippen LogP contribution in [-0.4, -0.2) is 57.1 Å². The summed E-state index contributed by atoms with van der Waals surface area (Å²) >= 11 is 0. The van der Waals surface area contributed by atoms with Gasteiger partial charge in [0.25, 0.3) is 11.8 Å². The maximum atomic E-state index is 14.5. The minimum absolute atomic E-state index is 0.0383. The van der Waals surface area contributed by atoms with Crippen LogP contribution in [0.5, 0.6) is 5.75 Å². The Balaban J connectivity index is 1.36. The summed E-state index contributed by atoms with van der Waals surface area (Å²) in [4.78, 5) is 21.3. The Labute approximate surface area is 208 Å². The van der Waals surface area contributed by atoms with E-state index >= 15 is 0 Å². The number of carbonyl (C=O) groups is 1. The molecule has 1 fully saturated rings. The van der Waals surface area contributed by atoms with Crippen LogP contribution in [0.3, 0.4) is 0 Å². The summed E-state index contributed by atoms with van der Waals surface area (Å²) in [6.45, 7) is 6.12. The number of aromatic nitrogens is 3. The smallest absolute Gasteiger partial charge is 0.258 e. The van der Waals surface area contributed by atoms with Gasteiger partial charge in [0.05, 0.1) is 36.7 Å². The predicted molar refractivity (Wildman–Crippen MR) is 133 cm³/mol. The van der Waals surface area contributed by atoms with Crippen LogP contribution in [-0.2, 0) is 0 Å². The summed E-state index contributed by atoms with van der Waals surface area (Å²) in [6, 6.07) is 5.28. The van der Waals surface area contributed by atoms with Gasteiger partial charge < -0.3 is 9.64 Å². The molecule has 1 saturated heterocycles. The molecule has 3 unspecified atom stereocenters. The number of nitrogens with zero attached hydrogens (tertiary/aromatic N) is 5. The van der Waals surface area contributed by atoms with E-state index < -0.39 is 11.8 Å². The zero-order valence-electron chi connectivity index (χ0n) is 20.4. The van der Waals surface area contributed by atoms with E-state index in [1.807, 2.05) is 4.90 Å². The molecule has 1 aliphatic carbocycles. The van der Waals surface area contributed by atoms with E-state index in [0.717, 1.165) is 18.4 Å². The molecule has 0 N–H and O–H groups in total. The van der Waals surface area contributed by atoms with Gasteiger partial charge in [-0.05, 0) is 48.5 Å². The van der Waals surface area contributed by atoms with Gasteiger partial charge in [-0.25, -0.2) is 8.78 Å². The molecule has 7 nitrogen and oxygen atoms in total. The monoisotopic (exact) mass is 493 g/mol. The van der Waals surface area contributed by atoms with Gasteiger partial charge in [0.15, 0.2) is 0 Å². The van der Waals surface area contributed by atoms with Crippen molar-refractivity contribution in [2.45, 2.75) is 44.6 Å². The summed E-state index contributed by atoms with van der Waals surface area (Å²) < 4.78 is 34.3. The van der Waals surface area contributed by atoms with Crippen molar-refractivity contribution >= 4 is 11.6 Å². The normalized spacial score (nSPS) is 23.8. The Morgan fingerprint density at radius 1 is 1.28 bits per heavy atom. The number of amides is 1. The highest BCUT2D eigenvalue weighted by atomic mass is 19.3. The van der Waals surface area contributed by atoms with Gasteiger partial charge in [0.1, 0.15) is 11.4 Å². The number of hydrogen-bond donors (Lipinski definition) is 0. The maximum absolute atomic E-state index is 14.5. The largest absolute Gasteiger partial charge is 0.497 e. The van der Waals surface area contributed by atoms with Crippen LogP contribution < -0.4 is 4.74 Å². The molecule has 0 bridgehead atoms. The molecule has 0 saturated carbocycles. The van der Waals surface area contributed by atoms with E-state index in [4.69, 9.17) is 4.74 Å². The van der Waals surface area contributed by atoms with E-state index in [0.29, 0.717) is 47.2 Å². The third kappa shape index (κ3) is 4.16. The number of aliphatic imine (C=N–C) groups is 1. The molecule has 9 heteroatoms. The van der Waals surface area contributed by atoms with Crippen molar-refractivity contribution in [3.05, 3.63) is 72.2 Å². The average molecular weight is 494 g/mol. The van der Waals surface area contributed by atoms with Crippen molar-refractivity contribution in [2.24, 2.45) is 16.8 Å². The van der Waals surface area contributed by atoms with E-state index in [1.165, 1.54) is 24.0 Å². The number of fused-ring (bicyclic) bond motifs is 1. The molecule has 0 spiro atoms. The van der Waals surface area contributed by atoms with Gasteiger partial charge in [-0.15, -0.1) is 0 Å².